The summed E-state index contributed by atoms with van der Waals surface area (Å²) in [5.74, 6) is 1.80. The van der Waals surface area contributed by atoms with Crippen LogP contribution in [0.2, 0.25) is 0 Å². The first-order chi connectivity index (χ1) is 11.9. The smallest absolute Gasteiger partial charge is 0.322 e. The Labute approximate surface area is 149 Å². The molecular weight excluding hydrogens is 316 g/mol. The molecule has 25 heavy (non-hydrogen) atoms. The summed E-state index contributed by atoms with van der Waals surface area (Å²) < 4.78 is 11.0. The highest BCUT2D eigenvalue weighted by atomic mass is 16.5. The van der Waals surface area contributed by atoms with Gasteiger partial charge in [-0.1, -0.05) is 32.0 Å². The molecule has 0 spiro atoms. The minimum absolute atomic E-state index is 0.352. The van der Waals surface area contributed by atoms with Crippen LogP contribution >= 0.6 is 0 Å². The highest BCUT2D eigenvalue weighted by molar-refractivity contribution is 5.91. The van der Waals surface area contributed by atoms with E-state index in [1.54, 1.807) is 14.0 Å². The summed E-state index contributed by atoms with van der Waals surface area (Å²) in [6, 6.07) is 13.1. The second kappa shape index (κ2) is 8.42. The van der Waals surface area contributed by atoms with Crippen LogP contribution in [0.4, 0.5) is 10.5 Å². The molecule has 2 aromatic carbocycles. The molecule has 5 nitrogen and oxygen atoms in total. The van der Waals surface area contributed by atoms with Gasteiger partial charge in [-0.2, -0.15) is 0 Å². The third-order valence-electron chi connectivity index (χ3n) is 3.80. The van der Waals surface area contributed by atoms with Gasteiger partial charge >= 0.3 is 6.03 Å². The Morgan fingerprint density at radius 1 is 1.04 bits per heavy atom. The number of hydrogen-bond acceptors (Lipinski definition) is 3. The topological polar surface area (TPSA) is 59.6 Å². The van der Waals surface area contributed by atoms with Gasteiger partial charge in [0.15, 0.2) is 6.23 Å². The van der Waals surface area contributed by atoms with Crippen molar-refractivity contribution >= 4 is 11.7 Å². The first-order valence-electron chi connectivity index (χ1n) is 8.38. The maximum atomic E-state index is 12.2. The summed E-state index contributed by atoms with van der Waals surface area (Å²) >= 11 is 0. The van der Waals surface area contributed by atoms with E-state index < -0.39 is 6.23 Å². The van der Waals surface area contributed by atoms with Crippen molar-refractivity contribution in [1.29, 1.82) is 0 Å². The molecule has 0 bridgehead atoms. The van der Waals surface area contributed by atoms with Gasteiger partial charge in [-0.3, -0.25) is 0 Å². The Kier molecular flexibility index (Phi) is 6.28. The van der Waals surface area contributed by atoms with Crippen molar-refractivity contribution in [2.45, 2.75) is 39.8 Å². The lowest BCUT2D eigenvalue weighted by Gasteiger charge is -2.18. The van der Waals surface area contributed by atoms with E-state index >= 15 is 0 Å². The molecule has 2 amide bonds. The van der Waals surface area contributed by atoms with E-state index in [1.165, 1.54) is 5.56 Å². The summed E-state index contributed by atoms with van der Waals surface area (Å²) in [6.07, 6.45) is -0.472. The predicted octanol–water partition coefficient (Wildman–Crippen LogP) is 4.67. The van der Waals surface area contributed by atoms with Crippen LogP contribution in [0.3, 0.4) is 0 Å². The molecule has 0 saturated heterocycles. The van der Waals surface area contributed by atoms with Crippen LogP contribution in [0, 0.1) is 6.92 Å². The van der Waals surface area contributed by atoms with Gasteiger partial charge < -0.3 is 20.1 Å². The van der Waals surface area contributed by atoms with Crippen molar-refractivity contribution in [2.75, 3.05) is 12.4 Å². The fraction of sp³-hybridized carbons (Fsp3) is 0.350. The number of aryl methyl sites for hydroxylation is 1. The van der Waals surface area contributed by atoms with Crippen LogP contribution < -0.4 is 20.1 Å². The zero-order valence-corrected chi connectivity index (χ0v) is 15.4. The van der Waals surface area contributed by atoms with E-state index in [4.69, 9.17) is 9.47 Å². The molecule has 1 atom stereocenters. The number of amides is 2. The molecule has 0 saturated carbocycles. The van der Waals surface area contributed by atoms with Crippen molar-refractivity contribution in [1.82, 2.24) is 5.32 Å². The predicted molar refractivity (Wildman–Crippen MR) is 101 cm³/mol. The number of anilines is 1. The Balaban J connectivity index is 1.93. The van der Waals surface area contributed by atoms with Gasteiger partial charge in [0.25, 0.3) is 0 Å². The van der Waals surface area contributed by atoms with Gasteiger partial charge in [0.1, 0.15) is 11.5 Å². The number of methoxy groups -OCH3 is 1. The van der Waals surface area contributed by atoms with Gasteiger partial charge in [0.2, 0.25) is 0 Å². The molecule has 0 aliphatic heterocycles. The SMILES string of the molecule is COc1ccc(C)cc1NC(=O)NC(C)Oc1ccc(C(C)C)cc1. The molecule has 0 heterocycles. The van der Waals surface area contributed by atoms with E-state index in [0.717, 1.165) is 5.56 Å². The average molecular weight is 342 g/mol. The van der Waals surface area contributed by atoms with Crippen LogP contribution in [0.1, 0.15) is 37.8 Å². The van der Waals surface area contributed by atoms with E-state index in [9.17, 15) is 4.79 Å². The monoisotopic (exact) mass is 342 g/mol. The van der Waals surface area contributed by atoms with E-state index in [0.29, 0.717) is 23.1 Å². The lowest BCUT2D eigenvalue weighted by atomic mass is 10.0. The summed E-state index contributed by atoms with van der Waals surface area (Å²) in [6.45, 7) is 8.02. The number of rotatable bonds is 6. The van der Waals surface area contributed by atoms with Crippen LogP contribution in [-0.4, -0.2) is 19.4 Å². The van der Waals surface area contributed by atoms with Gasteiger partial charge in [-0.05, 0) is 55.2 Å². The van der Waals surface area contributed by atoms with Gasteiger partial charge in [0, 0.05) is 0 Å². The minimum atomic E-state index is -0.472. The second-order valence-electron chi connectivity index (χ2n) is 6.29. The summed E-state index contributed by atoms with van der Waals surface area (Å²) in [5, 5.41) is 5.55. The number of urea groups is 1. The zero-order chi connectivity index (χ0) is 18.4. The van der Waals surface area contributed by atoms with Crippen LogP contribution in [0.15, 0.2) is 42.5 Å². The number of nitrogens with one attached hydrogen (secondary N) is 2. The Morgan fingerprint density at radius 3 is 2.32 bits per heavy atom. The standard InChI is InChI=1S/C20H26N2O3/c1-13(2)16-7-9-17(10-8-16)25-15(4)21-20(23)22-18-12-14(3)6-11-19(18)24-5/h6-13,15H,1-5H3,(H2,21,22,23). The third kappa shape index (κ3) is 5.41. The summed E-state index contributed by atoms with van der Waals surface area (Å²) in [7, 11) is 1.57. The molecule has 2 rings (SSSR count). The van der Waals surface area contributed by atoms with Crippen molar-refractivity contribution < 1.29 is 14.3 Å². The Morgan fingerprint density at radius 2 is 1.72 bits per heavy atom. The van der Waals surface area contributed by atoms with Crippen LogP contribution in [0.25, 0.3) is 0 Å². The van der Waals surface area contributed by atoms with Gasteiger partial charge in [-0.15, -0.1) is 0 Å². The molecular formula is C20H26N2O3. The molecule has 0 fully saturated rings. The second-order valence-corrected chi connectivity index (χ2v) is 6.29. The highest BCUT2D eigenvalue weighted by Gasteiger charge is 2.11. The minimum Gasteiger partial charge on any atom is -0.495 e. The number of carbonyl (C=O) groups excluding carboxylic acids is 1. The number of benzene rings is 2. The van der Waals surface area contributed by atoms with Crippen molar-refractivity contribution in [2.24, 2.45) is 0 Å². The number of hydrogen-bond donors (Lipinski definition) is 2. The Hall–Kier alpha value is -2.69. The molecule has 1 unspecified atom stereocenters. The maximum Gasteiger partial charge on any atom is 0.322 e. The molecule has 0 aliphatic carbocycles. The van der Waals surface area contributed by atoms with Crippen LogP contribution in [-0.2, 0) is 0 Å². The molecule has 2 N–H and O–H groups in total. The van der Waals surface area contributed by atoms with Crippen LogP contribution in [0.5, 0.6) is 11.5 Å². The lowest BCUT2D eigenvalue weighted by Crippen LogP contribution is -2.39. The molecule has 2 aromatic rings. The van der Waals surface area contributed by atoms with Crippen molar-refractivity contribution in [3.05, 3.63) is 53.6 Å². The summed E-state index contributed by atoms with van der Waals surface area (Å²) in [5.41, 5.74) is 2.90. The quantitative estimate of drug-likeness (QED) is 0.750. The first kappa shape index (κ1) is 18.6. The van der Waals surface area contributed by atoms with Crippen molar-refractivity contribution in [3.8, 4) is 11.5 Å². The molecule has 134 valence electrons. The maximum absolute atomic E-state index is 12.2. The zero-order valence-electron chi connectivity index (χ0n) is 15.4. The lowest BCUT2D eigenvalue weighted by molar-refractivity contribution is 0.183. The van der Waals surface area contributed by atoms with Gasteiger partial charge in [-0.25, -0.2) is 4.79 Å². The molecule has 5 heteroatoms. The highest BCUT2D eigenvalue weighted by Crippen LogP contribution is 2.25. The average Bonchev–Trinajstić information content (AvgIpc) is 2.55. The van der Waals surface area contributed by atoms with E-state index in [2.05, 4.69) is 24.5 Å². The fourth-order valence-electron chi connectivity index (χ4n) is 2.43. The molecule has 0 radical (unpaired) electrons. The Bertz CT molecular complexity index is 711. The number of ether oxygens (including phenoxy) is 2. The number of carbonyl (C=O) groups is 1. The normalized spacial score (nSPS) is 11.8. The fourth-order valence-corrected chi connectivity index (χ4v) is 2.43. The van der Waals surface area contributed by atoms with E-state index in [-0.39, 0.29) is 6.03 Å². The van der Waals surface area contributed by atoms with E-state index in [1.807, 2.05) is 49.4 Å². The van der Waals surface area contributed by atoms with Gasteiger partial charge in [0.05, 0.1) is 12.8 Å². The first-order valence-corrected chi connectivity index (χ1v) is 8.38. The summed E-state index contributed by atoms with van der Waals surface area (Å²) in [4.78, 5) is 12.2. The van der Waals surface area contributed by atoms with Crippen molar-refractivity contribution in [3.63, 3.8) is 0 Å². The largest absolute Gasteiger partial charge is 0.495 e. The third-order valence-corrected chi connectivity index (χ3v) is 3.80. The molecule has 0 aliphatic rings. The molecule has 0 aromatic heterocycles.